The minimum atomic E-state index is -0.681. The average Bonchev–Trinajstić information content (AvgIpc) is 3.08. The van der Waals surface area contributed by atoms with Crippen LogP contribution < -0.4 is 0 Å². The van der Waals surface area contributed by atoms with Crippen molar-refractivity contribution in [3.8, 4) is 0 Å². The maximum Gasteiger partial charge on any atom is 0.254 e. The zero-order valence-electron chi connectivity index (χ0n) is 14.1. The van der Waals surface area contributed by atoms with Crippen molar-refractivity contribution < 1.29 is 14.3 Å². The van der Waals surface area contributed by atoms with Gasteiger partial charge in [0.05, 0.1) is 6.04 Å². The molecule has 1 fully saturated rings. The first-order valence-electron chi connectivity index (χ1n) is 8.43. The van der Waals surface area contributed by atoms with Gasteiger partial charge in [0.1, 0.15) is 6.61 Å². The Morgan fingerprint density at radius 3 is 2.24 bits per heavy atom. The van der Waals surface area contributed by atoms with Crippen LogP contribution in [0.4, 0.5) is 0 Å². The minimum absolute atomic E-state index is 0.0585. The predicted molar refractivity (Wildman–Crippen MR) is 92.4 cm³/mol. The monoisotopic (exact) mass is 336 g/mol. The molecule has 5 nitrogen and oxygen atoms in total. The lowest BCUT2D eigenvalue weighted by atomic mass is 9.97. The number of benzene rings is 2. The van der Waals surface area contributed by atoms with Crippen molar-refractivity contribution in [3.63, 3.8) is 0 Å². The van der Waals surface area contributed by atoms with Crippen LogP contribution in [0.15, 0.2) is 54.6 Å². The molecule has 0 aliphatic carbocycles. The lowest BCUT2D eigenvalue weighted by Gasteiger charge is -2.39. The predicted octanol–water partition coefficient (Wildman–Crippen LogP) is 2.13. The van der Waals surface area contributed by atoms with E-state index < -0.39 is 12.1 Å². The van der Waals surface area contributed by atoms with Gasteiger partial charge in [0.25, 0.3) is 5.91 Å². The molecular formula is C20H20N2O3. The first kappa shape index (κ1) is 15.8. The number of fused-ring (bicyclic) bond motifs is 1. The third-order valence-corrected chi connectivity index (χ3v) is 5.02. The molecule has 2 heterocycles. The van der Waals surface area contributed by atoms with Crippen LogP contribution in [0.25, 0.3) is 0 Å². The van der Waals surface area contributed by atoms with E-state index in [4.69, 9.17) is 4.74 Å². The molecule has 25 heavy (non-hydrogen) atoms. The molecule has 2 aliphatic rings. The normalized spacial score (nSPS) is 22.8. The van der Waals surface area contributed by atoms with E-state index >= 15 is 0 Å². The maximum atomic E-state index is 13.2. The highest BCUT2D eigenvalue weighted by molar-refractivity contribution is 5.86. The van der Waals surface area contributed by atoms with Gasteiger partial charge in [0.15, 0.2) is 6.10 Å². The lowest BCUT2D eigenvalue weighted by molar-refractivity contribution is -0.167. The Labute approximate surface area is 146 Å². The number of carbonyl (C=O) groups is 2. The fourth-order valence-corrected chi connectivity index (χ4v) is 3.64. The minimum Gasteiger partial charge on any atom is -0.356 e. The van der Waals surface area contributed by atoms with Gasteiger partial charge in [0.2, 0.25) is 5.91 Å². The van der Waals surface area contributed by atoms with Crippen LogP contribution in [0.2, 0.25) is 0 Å². The van der Waals surface area contributed by atoms with E-state index in [0.717, 1.165) is 5.56 Å². The first-order valence-corrected chi connectivity index (χ1v) is 8.43. The summed E-state index contributed by atoms with van der Waals surface area (Å²) in [6.45, 7) is 1.12. The maximum absolute atomic E-state index is 13.2. The lowest BCUT2D eigenvalue weighted by Crippen LogP contribution is -2.53. The van der Waals surface area contributed by atoms with Gasteiger partial charge in [-0.2, -0.15) is 0 Å². The van der Waals surface area contributed by atoms with Crippen molar-refractivity contribution in [1.29, 1.82) is 0 Å². The fourth-order valence-electron chi connectivity index (χ4n) is 3.64. The van der Waals surface area contributed by atoms with Crippen LogP contribution in [0.1, 0.15) is 22.7 Å². The topological polar surface area (TPSA) is 49.9 Å². The summed E-state index contributed by atoms with van der Waals surface area (Å²) < 4.78 is 5.72. The Kier molecular flexibility index (Phi) is 4.01. The molecule has 4 rings (SSSR count). The van der Waals surface area contributed by atoms with Crippen LogP contribution in [0.3, 0.4) is 0 Å². The summed E-state index contributed by atoms with van der Waals surface area (Å²) in [4.78, 5) is 28.7. The third-order valence-electron chi connectivity index (χ3n) is 5.02. The van der Waals surface area contributed by atoms with Crippen LogP contribution in [-0.4, -0.2) is 41.4 Å². The van der Waals surface area contributed by atoms with Gasteiger partial charge in [-0.15, -0.1) is 0 Å². The van der Waals surface area contributed by atoms with E-state index in [9.17, 15) is 9.59 Å². The molecular weight excluding hydrogens is 316 g/mol. The largest absolute Gasteiger partial charge is 0.356 e. The molecule has 0 saturated carbocycles. The fraction of sp³-hybridized carbons (Fsp3) is 0.300. The number of likely N-dealkylation sites (N-methyl/N-ethyl adjacent to an activating group) is 1. The number of morpholine rings is 1. The van der Waals surface area contributed by atoms with E-state index in [-0.39, 0.29) is 18.4 Å². The van der Waals surface area contributed by atoms with Crippen LogP contribution >= 0.6 is 0 Å². The Morgan fingerprint density at radius 2 is 1.60 bits per heavy atom. The second-order valence-corrected chi connectivity index (χ2v) is 6.55. The summed E-state index contributed by atoms with van der Waals surface area (Å²) in [6.07, 6.45) is -0.681. The summed E-state index contributed by atoms with van der Waals surface area (Å²) in [7, 11) is 1.74. The highest BCUT2D eigenvalue weighted by Crippen LogP contribution is 2.32. The summed E-state index contributed by atoms with van der Waals surface area (Å²) in [5.74, 6) is -0.174. The molecule has 1 saturated heterocycles. The zero-order valence-corrected chi connectivity index (χ0v) is 14.1. The Bertz CT molecular complexity index is 781. The van der Waals surface area contributed by atoms with E-state index in [0.29, 0.717) is 13.1 Å². The van der Waals surface area contributed by atoms with Crippen molar-refractivity contribution in [3.05, 3.63) is 71.3 Å². The smallest absolute Gasteiger partial charge is 0.254 e. The van der Waals surface area contributed by atoms with Gasteiger partial charge in [-0.1, -0.05) is 54.6 Å². The molecule has 5 heteroatoms. The highest BCUT2D eigenvalue weighted by Gasteiger charge is 2.42. The Morgan fingerprint density at radius 1 is 1.00 bits per heavy atom. The van der Waals surface area contributed by atoms with Gasteiger partial charge >= 0.3 is 0 Å². The molecule has 128 valence electrons. The molecule has 2 amide bonds. The highest BCUT2D eigenvalue weighted by atomic mass is 16.5. The van der Waals surface area contributed by atoms with Crippen molar-refractivity contribution in [2.24, 2.45) is 0 Å². The van der Waals surface area contributed by atoms with E-state index in [1.54, 1.807) is 11.9 Å². The van der Waals surface area contributed by atoms with E-state index in [2.05, 4.69) is 12.1 Å². The van der Waals surface area contributed by atoms with Crippen molar-refractivity contribution in [2.75, 3.05) is 13.7 Å². The number of ether oxygens (including phenoxy) is 1. The zero-order chi connectivity index (χ0) is 17.4. The molecule has 2 aromatic rings. The molecule has 2 aromatic carbocycles. The molecule has 2 aliphatic heterocycles. The van der Waals surface area contributed by atoms with Crippen molar-refractivity contribution in [2.45, 2.75) is 25.2 Å². The van der Waals surface area contributed by atoms with E-state index in [1.165, 1.54) is 11.1 Å². The summed E-state index contributed by atoms with van der Waals surface area (Å²) in [5, 5.41) is 0. The quantitative estimate of drug-likeness (QED) is 0.844. The van der Waals surface area contributed by atoms with Gasteiger partial charge in [-0.05, 0) is 16.7 Å². The van der Waals surface area contributed by atoms with Gasteiger partial charge in [-0.25, -0.2) is 0 Å². The first-order chi connectivity index (χ1) is 12.1. The molecule has 0 unspecified atom stereocenters. The standard InChI is InChI=1S/C20H20N2O3/c1-21-17(23)13-25-19(18(21)14-7-3-2-4-8-14)20(24)22-11-15-9-5-6-10-16(15)12-22/h2-10,18-19H,11-13H2,1H3/t18-,19-/m0/s1. The number of rotatable bonds is 2. The van der Waals surface area contributed by atoms with Gasteiger partial charge < -0.3 is 14.5 Å². The van der Waals surface area contributed by atoms with Crippen molar-refractivity contribution >= 4 is 11.8 Å². The molecule has 0 aromatic heterocycles. The molecule has 0 spiro atoms. The molecule has 0 N–H and O–H groups in total. The third kappa shape index (κ3) is 2.81. The van der Waals surface area contributed by atoms with Crippen LogP contribution in [-0.2, 0) is 27.4 Å². The average molecular weight is 336 g/mol. The number of nitrogens with zero attached hydrogens (tertiary/aromatic N) is 2. The molecule has 0 bridgehead atoms. The molecule has 0 radical (unpaired) electrons. The van der Waals surface area contributed by atoms with Crippen LogP contribution in [0, 0.1) is 0 Å². The number of hydrogen-bond acceptors (Lipinski definition) is 3. The van der Waals surface area contributed by atoms with E-state index in [1.807, 2.05) is 47.4 Å². The van der Waals surface area contributed by atoms with Gasteiger partial charge in [-0.3, -0.25) is 9.59 Å². The summed E-state index contributed by atoms with van der Waals surface area (Å²) in [5.41, 5.74) is 3.26. The van der Waals surface area contributed by atoms with Gasteiger partial charge in [0, 0.05) is 20.1 Å². The summed E-state index contributed by atoms with van der Waals surface area (Å²) in [6, 6.07) is 17.3. The molecule has 2 atom stereocenters. The number of carbonyl (C=O) groups excluding carboxylic acids is 2. The van der Waals surface area contributed by atoms with Crippen molar-refractivity contribution in [1.82, 2.24) is 9.80 Å². The second-order valence-electron chi connectivity index (χ2n) is 6.55. The summed E-state index contributed by atoms with van der Waals surface area (Å²) >= 11 is 0. The number of amides is 2. The SMILES string of the molecule is CN1C(=O)CO[C@H](C(=O)N2Cc3ccccc3C2)[C@@H]1c1ccccc1. The Balaban J connectivity index is 1.61. The Hall–Kier alpha value is -2.66. The van der Waals surface area contributed by atoms with Crippen LogP contribution in [0.5, 0.6) is 0 Å². The number of hydrogen-bond donors (Lipinski definition) is 0. The second kappa shape index (κ2) is 6.33.